The van der Waals surface area contributed by atoms with Crippen molar-refractivity contribution < 1.29 is 9.59 Å². The summed E-state index contributed by atoms with van der Waals surface area (Å²) in [4.78, 5) is 24.7. The first-order valence-corrected chi connectivity index (χ1v) is 8.70. The topological polar surface area (TPSA) is 58.2 Å². The van der Waals surface area contributed by atoms with E-state index in [1.807, 2.05) is 13.0 Å². The van der Waals surface area contributed by atoms with Crippen LogP contribution in [0.25, 0.3) is 0 Å². The highest BCUT2D eigenvalue weighted by atomic mass is 35.5. The van der Waals surface area contributed by atoms with Crippen LogP contribution in [0.15, 0.2) is 42.5 Å². The molecule has 2 N–H and O–H groups in total. The highest BCUT2D eigenvalue weighted by molar-refractivity contribution is 6.31. The predicted molar refractivity (Wildman–Crippen MR) is 102 cm³/mol. The Morgan fingerprint density at radius 2 is 1.72 bits per heavy atom. The van der Waals surface area contributed by atoms with Gasteiger partial charge in [-0.2, -0.15) is 0 Å². The molecule has 0 saturated carbocycles. The molecule has 25 heavy (non-hydrogen) atoms. The number of hydrogen-bond donors (Lipinski definition) is 2. The zero-order valence-electron chi connectivity index (χ0n) is 14.7. The number of halogens is 1. The highest BCUT2D eigenvalue weighted by Crippen LogP contribution is 2.21. The molecule has 0 radical (unpaired) electrons. The van der Waals surface area contributed by atoms with Crippen LogP contribution in [0.1, 0.15) is 46.5 Å². The predicted octanol–water partition coefficient (Wildman–Crippen LogP) is 4.68. The van der Waals surface area contributed by atoms with E-state index in [1.54, 1.807) is 36.4 Å². The van der Waals surface area contributed by atoms with Gasteiger partial charge in [0, 0.05) is 28.4 Å². The lowest BCUT2D eigenvalue weighted by molar-refractivity contribution is 0.0952. The molecule has 5 heteroatoms. The molecule has 4 nitrogen and oxygen atoms in total. The summed E-state index contributed by atoms with van der Waals surface area (Å²) in [5.41, 5.74) is 2.47. The van der Waals surface area contributed by atoms with Crippen molar-refractivity contribution in [3.05, 3.63) is 64.2 Å². The largest absolute Gasteiger partial charge is 0.352 e. The van der Waals surface area contributed by atoms with Gasteiger partial charge in [0.1, 0.15) is 0 Å². The molecule has 0 saturated heterocycles. The second-order valence-corrected chi connectivity index (χ2v) is 6.87. The summed E-state index contributed by atoms with van der Waals surface area (Å²) in [7, 11) is 0. The number of aryl methyl sites for hydroxylation is 1. The summed E-state index contributed by atoms with van der Waals surface area (Å²) in [5.74, 6) is 0.0785. The lowest BCUT2D eigenvalue weighted by atomic mass is 10.1. The molecule has 0 heterocycles. The molecule has 2 aromatic rings. The Hall–Kier alpha value is -2.33. The van der Waals surface area contributed by atoms with Crippen LogP contribution < -0.4 is 10.6 Å². The summed E-state index contributed by atoms with van der Waals surface area (Å²) in [6.07, 6.45) is 0.917. The van der Waals surface area contributed by atoms with Crippen LogP contribution in [0.4, 0.5) is 5.69 Å². The van der Waals surface area contributed by atoms with Crippen molar-refractivity contribution in [2.45, 2.75) is 27.2 Å². The molecule has 2 aromatic carbocycles. The van der Waals surface area contributed by atoms with Crippen molar-refractivity contribution in [1.29, 1.82) is 0 Å². The lowest BCUT2D eigenvalue weighted by Gasteiger charge is -2.10. The molecule has 0 aliphatic heterocycles. The molecule has 0 unspecified atom stereocenters. The lowest BCUT2D eigenvalue weighted by Crippen LogP contribution is -2.25. The standard InChI is InChI=1S/C20H23ClN2O2/c1-13(2)9-10-22-19(24)15-5-4-6-16(11-15)20(25)23-18-12-17(21)8-7-14(18)3/h4-8,11-13H,9-10H2,1-3H3,(H,22,24)(H,23,25). The van der Waals surface area contributed by atoms with Crippen LogP contribution in [0, 0.1) is 12.8 Å². The van der Waals surface area contributed by atoms with Crippen LogP contribution >= 0.6 is 11.6 Å². The fraction of sp³-hybridized carbons (Fsp3) is 0.300. The third-order valence-electron chi connectivity index (χ3n) is 3.84. The number of anilines is 1. The van der Waals surface area contributed by atoms with Crippen molar-refractivity contribution >= 4 is 29.1 Å². The van der Waals surface area contributed by atoms with E-state index in [2.05, 4.69) is 24.5 Å². The number of nitrogens with one attached hydrogen (secondary N) is 2. The van der Waals surface area contributed by atoms with Crippen molar-refractivity contribution in [3.63, 3.8) is 0 Å². The Morgan fingerprint density at radius 1 is 1.04 bits per heavy atom. The second-order valence-electron chi connectivity index (χ2n) is 6.43. The van der Waals surface area contributed by atoms with Gasteiger partial charge >= 0.3 is 0 Å². The van der Waals surface area contributed by atoms with Crippen LogP contribution in [0.3, 0.4) is 0 Å². The van der Waals surface area contributed by atoms with Gasteiger partial charge in [-0.1, -0.05) is 37.6 Å². The Balaban J connectivity index is 2.08. The second kappa shape index (κ2) is 8.67. The molecule has 2 rings (SSSR count). The summed E-state index contributed by atoms with van der Waals surface area (Å²) in [6.45, 7) is 6.73. The smallest absolute Gasteiger partial charge is 0.255 e. The van der Waals surface area contributed by atoms with Crippen molar-refractivity contribution in [2.24, 2.45) is 5.92 Å². The summed E-state index contributed by atoms with van der Waals surface area (Å²) in [6, 6.07) is 12.0. The third kappa shape index (κ3) is 5.61. The van der Waals surface area contributed by atoms with E-state index in [0.717, 1.165) is 12.0 Å². The van der Waals surface area contributed by atoms with Crippen molar-refractivity contribution in [3.8, 4) is 0 Å². The molecule has 0 aliphatic rings. The van der Waals surface area contributed by atoms with Gasteiger partial charge in [0.05, 0.1) is 0 Å². The Kier molecular flexibility index (Phi) is 6.59. The number of rotatable bonds is 6. The minimum absolute atomic E-state index is 0.172. The summed E-state index contributed by atoms with van der Waals surface area (Å²) < 4.78 is 0. The molecule has 132 valence electrons. The van der Waals surface area contributed by atoms with Crippen LogP contribution in [-0.4, -0.2) is 18.4 Å². The highest BCUT2D eigenvalue weighted by Gasteiger charge is 2.12. The van der Waals surface area contributed by atoms with Gasteiger partial charge in [-0.25, -0.2) is 0 Å². The van der Waals surface area contributed by atoms with E-state index >= 15 is 0 Å². The molecule has 0 aromatic heterocycles. The Bertz CT molecular complexity index is 772. The first kappa shape index (κ1) is 19.0. The average Bonchev–Trinajstić information content (AvgIpc) is 2.57. The molecule has 0 aliphatic carbocycles. The van der Waals surface area contributed by atoms with E-state index < -0.39 is 0 Å². The van der Waals surface area contributed by atoms with Crippen LogP contribution in [0.5, 0.6) is 0 Å². The molecular weight excluding hydrogens is 336 g/mol. The van der Waals surface area contributed by atoms with Crippen LogP contribution in [0.2, 0.25) is 5.02 Å². The van der Waals surface area contributed by atoms with E-state index in [-0.39, 0.29) is 11.8 Å². The van der Waals surface area contributed by atoms with E-state index in [0.29, 0.717) is 34.3 Å². The first-order chi connectivity index (χ1) is 11.9. The average molecular weight is 359 g/mol. The molecule has 0 fully saturated rings. The molecular formula is C20H23ClN2O2. The normalized spacial score (nSPS) is 10.6. The van der Waals surface area contributed by atoms with Gasteiger partial charge in [0.15, 0.2) is 0 Å². The number of carbonyl (C=O) groups is 2. The number of hydrogen-bond acceptors (Lipinski definition) is 2. The van der Waals surface area contributed by atoms with Gasteiger partial charge in [-0.3, -0.25) is 9.59 Å². The molecule has 0 atom stereocenters. The van der Waals surface area contributed by atoms with E-state index in [9.17, 15) is 9.59 Å². The fourth-order valence-corrected chi connectivity index (χ4v) is 2.47. The minimum Gasteiger partial charge on any atom is -0.352 e. The monoisotopic (exact) mass is 358 g/mol. The van der Waals surface area contributed by atoms with Gasteiger partial charge in [0.25, 0.3) is 11.8 Å². The van der Waals surface area contributed by atoms with E-state index in [4.69, 9.17) is 11.6 Å². The zero-order chi connectivity index (χ0) is 18.4. The third-order valence-corrected chi connectivity index (χ3v) is 4.08. The SMILES string of the molecule is Cc1ccc(Cl)cc1NC(=O)c1cccc(C(=O)NCCC(C)C)c1. The Morgan fingerprint density at radius 3 is 2.40 bits per heavy atom. The van der Waals surface area contributed by atoms with Gasteiger partial charge < -0.3 is 10.6 Å². The van der Waals surface area contributed by atoms with Crippen LogP contribution in [-0.2, 0) is 0 Å². The number of amides is 2. The van der Waals surface area contributed by atoms with Gasteiger partial charge in [-0.15, -0.1) is 0 Å². The summed E-state index contributed by atoms with van der Waals surface area (Å²) >= 11 is 5.98. The first-order valence-electron chi connectivity index (χ1n) is 8.32. The maximum Gasteiger partial charge on any atom is 0.255 e. The Labute approximate surface area is 153 Å². The van der Waals surface area contributed by atoms with Crippen molar-refractivity contribution in [2.75, 3.05) is 11.9 Å². The van der Waals surface area contributed by atoms with Gasteiger partial charge in [0.2, 0.25) is 0 Å². The van der Waals surface area contributed by atoms with Gasteiger partial charge in [-0.05, 0) is 55.2 Å². The number of carbonyl (C=O) groups excluding carboxylic acids is 2. The van der Waals surface area contributed by atoms with Crippen molar-refractivity contribution in [1.82, 2.24) is 5.32 Å². The minimum atomic E-state index is -0.276. The van der Waals surface area contributed by atoms with E-state index in [1.165, 1.54) is 0 Å². The zero-order valence-corrected chi connectivity index (χ0v) is 15.5. The number of benzene rings is 2. The molecule has 2 amide bonds. The summed E-state index contributed by atoms with van der Waals surface area (Å²) in [5, 5.41) is 6.27. The maximum absolute atomic E-state index is 12.5. The quantitative estimate of drug-likeness (QED) is 0.787. The fourth-order valence-electron chi connectivity index (χ4n) is 2.30. The molecule has 0 bridgehead atoms. The maximum atomic E-state index is 12.5. The molecule has 0 spiro atoms.